The average Bonchev–Trinajstić information content (AvgIpc) is 2.62. The normalized spacial score (nSPS) is 9.91. The van der Waals surface area contributed by atoms with Crippen LogP contribution in [0.15, 0.2) is 84.0 Å². The second kappa shape index (κ2) is 7.16. The fourth-order valence-corrected chi connectivity index (χ4v) is 2.33. The Bertz CT molecular complexity index is 823. The van der Waals surface area contributed by atoms with E-state index >= 15 is 0 Å². The summed E-state index contributed by atoms with van der Waals surface area (Å²) in [4.78, 5) is 2.79. The van der Waals surface area contributed by atoms with Crippen LogP contribution in [0.1, 0.15) is 5.56 Å². The van der Waals surface area contributed by atoms with Crippen molar-refractivity contribution in [1.29, 1.82) is 0 Å². The average molecular weight is 301 g/mol. The van der Waals surface area contributed by atoms with Crippen LogP contribution in [0.4, 0.5) is 5.69 Å². The van der Waals surface area contributed by atoms with E-state index in [1.54, 1.807) is 12.1 Å². The molecule has 0 radical (unpaired) electrons. The van der Waals surface area contributed by atoms with Gasteiger partial charge in [0.15, 0.2) is 0 Å². The molecule has 0 fully saturated rings. The Kier molecular flexibility index (Phi) is 4.58. The highest BCUT2D eigenvalue weighted by molar-refractivity contribution is 5.71. The summed E-state index contributed by atoms with van der Waals surface area (Å²) in [6, 6.07) is 25.4. The number of azide groups is 1. The van der Waals surface area contributed by atoms with E-state index in [1.165, 1.54) is 0 Å². The lowest BCUT2D eigenvalue weighted by atomic mass is 10.0. The van der Waals surface area contributed by atoms with Gasteiger partial charge >= 0.3 is 0 Å². The Morgan fingerprint density at radius 2 is 1.52 bits per heavy atom. The van der Waals surface area contributed by atoms with Gasteiger partial charge in [-0.05, 0) is 22.7 Å². The molecule has 0 aromatic heterocycles. The fraction of sp³-hybridized carbons (Fsp3) is 0.0526. The molecule has 3 aromatic carbocycles. The summed E-state index contributed by atoms with van der Waals surface area (Å²) < 4.78 is 5.97. The molecule has 3 rings (SSSR count). The van der Waals surface area contributed by atoms with Crippen molar-refractivity contribution in [3.63, 3.8) is 0 Å². The minimum Gasteiger partial charge on any atom is -0.488 e. The second-order valence-corrected chi connectivity index (χ2v) is 5.01. The number of nitrogens with zero attached hydrogens (tertiary/aromatic N) is 3. The number of para-hydroxylation sites is 1. The van der Waals surface area contributed by atoms with Gasteiger partial charge in [0.1, 0.15) is 12.4 Å². The zero-order valence-electron chi connectivity index (χ0n) is 12.5. The number of rotatable bonds is 5. The Labute approximate surface area is 134 Å². The first-order valence-electron chi connectivity index (χ1n) is 7.28. The summed E-state index contributed by atoms with van der Waals surface area (Å²) >= 11 is 0. The van der Waals surface area contributed by atoms with Gasteiger partial charge in [0.05, 0.1) is 0 Å². The molecule has 0 saturated heterocycles. The van der Waals surface area contributed by atoms with Crippen molar-refractivity contribution in [2.45, 2.75) is 6.61 Å². The van der Waals surface area contributed by atoms with E-state index in [0.717, 1.165) is 22.4 Å². The number of benzene rings is 3. The topological polar surface area (TPSA) is 58.0 Å². The summed E-state index contributed by atoms with van der Waals surface area (Å²) in [6.07, 6.45) is 0. The Morgan fingerprint density at radius 3 is 2.26 bits per heavy atom. The summed E-state index contributed by atoms with van der Waals surface area (Å²) in [7, 11) is 0. The third kappa shape index (κ3) is 3.70. The summed E-state index contributed by atoms with van der Waals surface area (Å²) in [6.45, 7) is 0.522. The smallest absolute Gasteiger partial charge is 0.127 e. The molecule has 0 amide bonds. The predicted octanol–water partition coefficient (Wildman–Crippen LogP) is 5.87. The molecule has 4 heteroatoms. The molecule has 0 aliphatic heterocycles. The van der Waals surface area contributed by atoms with Crippen LogP contribution in [0.25, 0.3) is 21.6 Å². The first-order valence-corrected chi connectivity index (χ1v) is 7.28. The molecule has 0 heterocycles. The van der Waals surface area contributed by atoms with Gasteiger partial charge in [0.2, 0.25) is 0 Å². The summed E-state index contributed by atoms with van der Waals surface area (Å²) in [5, 5.41) is 3.59. The van der Waals surface area contributed by atoms with Crippen LogP contribution in [-0.2, 0) is 6.61 Å². The van der Waals surface area contributed by atoms with E-state index in [-0.39, 0.29) is 0 Å². The maximum absolute atomic E-state index is 8.47. The lowest BCUT2D eigenvalue weighted by Gasteiger charge is -2.12. The molecule has 0 aliphatic carbocycles. The van der Waals surface area contributed by atoms with Crippen molar-refractivity contribution in [3.8, 4) is 16.9 Å². The molecule has 23 heavy (non-hydrogen) atoms. The second-order valence-electron chi connectivity index (χ2n) is 5.01. The van der Waals surface area contributed by atoms with Gasteiger partial charge in [0, 0.05) is 16.2 Å². The van der Waals surface area contributed by atoms with E-state index in [1.807, 2.05) is 66.7 Å². The molecule has 3 aromatic rings. The maximum Gasteiger partial charge on any atom is 0.127 e. The van der Waals surface area contributed by atoms with Crippen molar-refractivity contribution in [3.05, 3.63) is 94.9 Å². The van der Waals surface area contributed by atoms with E-state index in [9.17, 15) is 0 Å². The minimum absolute atomic E-state index is 0.522. The summed E-state index contributed by atoms with van der Waals surface area (Å²) in [5.41, 5.74) is 12.2. The van der Waals surface area contributed by atoms with Crippen LogP contribution < -0.4 is 4.74 Å². The van der Waals surface area contributed by atoms with Crippen LogP contribution in [0, 0.1) is 0 Å². The molecule has 0 atom stereocenters. The lowest BCUT2D eigenvalue weighted by molar-refractivity contribution is 0.307. The lowest BCUT2D eigenvalue weighted by Crippen LogP contribution is -1.96. The minimum atomic E-state index is 0.522. The van der Waals surface area contributed by atoms with Crippen LogP contribution in [0.5, 0.6) is 5.75 Å². The number of hydrogen-bond donors (Lipinski definition) is 0. The van der Waals surface area contributed by atoms with Crippen molar-refractivity contribution < 1.29 is 4.74 Å². The van der Waals surface area contributed by atoms with Gasteiger partial charge in [-0.2, -0.15) is 0 Å². The Hall–Kier alpha value is -3.23. The highest BCUT2D eigenvalue weighted by Crippen LogP contribution is 2.31. The zero-order valence-corrected chi connectivity index (χ0v) is 12.5. The number of hydrogen-bond acceptors (Lipinski definition) is 2. The van der Waals surface area contributed by atoms with Crippen molar-refractivity contribution >= 4 is 5.69 Å². The molecule has 112 valence electrons. The van der Waals surface area contributed by atoms with E-state index in [4.69, 9.17) is 10.3 Å². The van der Waals surface area contributed by atoms with E-state index in [0.29, 0.717) is 12.3 Å². The van der Waals surface area contributed by atoms with E-state index in [2.05, 4.69) is 10.0 Å². The Balaban J connectivity index is 1.84. The van der Waals surface area contributed by atoms with Gasteiger partial charge < -0.3 is 4.74 Å². The van der Waals surface area contributed by atoms with Gasteiger partial charge in [-0.15, -0.1) is 0 Å². The molecule has 0 spiro atoms. The maximum atomic E-state index is 8.47. The van der Waals surface area contributed by atoms with Crippen LogP contribution >= 0.6 is 0 Å². The quantitative estimate of drug-likeness (QED) is 0.330. The zero-order chi connectivity index (χ0) is 15.9. The van der Waals surface area contributed by atoms with Crippen molar-refractivity contribution in [2.24, 2.45) is 5.11 Å². The first kappa shape index (κ1) is 14.7. The van der Waals surface area contributed by atoms with Crippen LogP contribution in [-0.4, -0.2) is 0 Å². The van der Waals surface area contributed by atoms with E-state index < -0.39 is 0 Å². The SMILES string of the molecule is [N-]=[N+]=Nc1ccc(-c2ccccc2OCc2ccccc2)cc1. The van der Waals surface area contributed by atoms with Gasteiger partial charge in [0.25, 0.3) is 0 Å². The van der Waals surface area contributed by atoms with Gasteiger partial charge in [-0.1, -0.05) is 77.9 Å². The standard InChI is InChI=1S/C19H15N3O/c20-22-21-17-12-10-16(11-13-17)18-8-4-5-9-19(18)23-14-15-6-2-1-3-7-15/h1-13H,14H2. The monoisotopic (exact) mass is 301 g/mol. The summed E-state index contributed by atoms with van der Waals surface area (Å²) in [5.74, 6) is 0.827. The van der Waals surface area contributed by atoms with Crippen molar-refractivity contribution in [2.75, 3.05) is 0 Å². The van der Waals surface area contributed by atoms with Gasteiger partial charge in [-0.3, -0.25) is 0 Å². The molecule has 0 bridgehead atoms. The molecule has 0 unspecified atom stereocenters. The Morgan fingerprint density at radius 1 is 0.826 bits per heavy atom. The predicted molar refractivity (Wildman–Crippen MR) is 91.5 cm³/mol. The largest absolute Gasteiger partial charge is 0.488 e. The molecule has 4 nitrogen and oxygen atoms in total. The molecular formula is C19H15N3O. The highest BCUT2D eigenvalue weighted by atomic mass is 16.5. The first-order chi connectivity index (χ1) is 11.4. The molecule has 0 saturated carbocycles. The van der Waals surface area contributed by atoms with Crippen LogP contribution in [0.3, 0.4) is 0 Å². The molecular weight excluding hydrogens is 286 g/mol. The molecule has 0 N–H and O–H groups in total. The number of ether oxygens (including phenoxy) is 1. The highest BCUT2D eigenvalue weighted by Gasteiger charge is 2.06. The third-order valence-corrected chi connectivity index (χ3v) is 3.46. The third-order valence-electron chi connectivity index (χ3n) is 3.46. The van der Waals surface area contributed by atoms with Crippen molar-refractivity contribution in [1.82, 2.24) is 0 Å². The molecule has 0 aliphatic rings. The fourth-order valence-electron chi connectivity index (χ4n) is 2.33. The van der Waals surface area contributed by atoms with Crippen LogP contribution in [0.2, 0.25) is 0 Å². The van der Waals surface area contributed by atoms with Gasteiger partial charge in [-0.25, -0.2) is 0 Å².